The summed E-state index contributed by atoms with van der Waals surface area (Å²) in [5.41, 5.74) is -1.58. The lowest BCUT2D eigenvalue weighted by atomic mass is 10.1. The number of rotatable bonds is 7. The highest BCUT2D eigenvalue weighted by molar-refractivity contribution is 5.89. The van der Waals surface area contributed by atoms with Gasteiger partial charge in [0.1, 0.15) is 12.1 Å². The molecular formula is C18H28F4N6O. The number of amides is 2. The first-order chi connectivity index (χ1) is 13.6. The molecule has 2 rings (SSSR count). The number of nitrogens with zero attached hydrogens (tertiary/aromatic N) is 1. The highest BCUT2D eigenvalue weighted by Gasteiger charge is 2.35. The van der Waals surface area contributed by atoms with Crippen molar-refractivity contribution in [3.63, 3.8) is 0 Å². The number of halogens is 4. The summed E-state index contributed by atoms with van der Waals surface area (Å²) < 4.78 is 51.9. The second kappa shape index (κ2) is 10.2. The summed E-state index contributed by atoms with van der Waals surface area (Å²) in [6.45, 7) is 3.67. The molecule has 1 aliphatic heterocycles. The molecule has 0 aromatic heterocycles. The number of alkyl halides is 3. The van der Waals surface area contributed by atoms with Crippen molar-refractivity contribution < 1.29 is 22.4 Å². The SMILES string of the molecule is CNCCCNC1CC(C)NC(NC(=O)Nc2ccc(F)c(C(F)(F)F)c2)N1C. The summed E-state index contributed by atoms with van der Waals surface area (Å²) in [7, 11) is 3.72. The first-order valence-corrected chi connectivity index (χ1v) is 9.42. The van der Waals surface area contributed by atoms with Crippen molar-refractivity contribution >= 4 is 11.7 Å². The van der Waals surface area contributed by atoms with Gasteiger partial charge in [-0.15, -0.1) is 0 Å². The van der Waals surface area contributed by atoms with Crippen molar-refractivity contribution in [3.05, 3.63) is 29.6 Å². The van der Waals surface area contributed by atoms with Gasteiger partial charge in [0.25, 0.3) is 0 Å². The van der Waals surface area contributed by atoms with Crippen LogP contribution in [0, 0.1) is 5.82 Å². The second-order valence-corrected chi connectivity index (χ2v) is 7.09. The largest absolute Gasteiger partial charge is 0.419 e. The van der Waals surface area contributed by atoms with E-state index in [1.54, 1.807) is 0 Å². The Balaban J connectivity index is 1.97. The molecule has 164 valence electrons. The van der Waals surface area contributed by atoms with Gasteiger partial charge in [0, 0.05) is 11.7 Å². The molecule has 0 spiro atoms. The monoisotopic (exact) mass is 420 g/mol. The van der Waals surface area contributed by atoms with Crippen LogP contribution >= 0.6 is 0 Å². The fourth-order valence-corrected chi connectivity index (χ4v) is 3.15. The number of benzene rings is 1. The Morgan fingerprint density at radius 3 is 2.69 bits per heavy atom. The predicted molar refractivity (Wildman–Crippen MR) is 103 cm³/mol. The van der Waals surface area contributed by atoms with E-state index in [1.165, 1.54) is 0 Å². The van der Waals surface area contributed by atoms with Gasteiger partial charge in [0.05, 0.1) is 11.7 Å². The summed E-state index contributed by atoms with van der Waals surface area (Å²) in [5.74, 6) is -1.39. The minimum absolute atomic E-state index is 0.0241. The standard InChI is InChI=1S/C18H28F4N6O/c1-11-9-15(24-8-4-7-23-2)28(3)16(25-11)27-17(29)26-12-5-6-14(19)13(10-12)18(20,21)22/h5-6,10-11,15-16,23-25H,4,7-9H2,1-3H3,(H2,26,27,29). The topological polar surface area (TPSA) is 80.5 Å². The normalized spacial score (nSPS) is 23.1. The van der Waals surface area contributed by atoms with E-state index in [9.17, 15) is 22.4 Å². The van der Waals surface area contributed by atoms with E-state index < -0.39 is 29.9 Å². The van der Waals surface area contributed by atoms with Crippen molar-refractivity contribution in [1.82, 2.24) is 26.2 Å². The van der Waals surface area contributed by atoms with Crippen LogP contribution in [0.15, 0.2) is 18.2 Å². The van der Waals surface area contributed by atoms with Crippen LogP contribution in [0.3, 0.4) is 0 Å². The first kappa shape index (κ1) is 23.3. The lowest BCUT2D eigenvalue weighted by molar-refractivity contribution is -0.139. The maximum Gasteiger partial charge on any atom is 0.419 e. The molecule has 0 bridgehead atoms. The lowest BCUT2D eigenvalue weighted by Crippen LogP contribution is -2.68. The molecule has 1 aromatic rings. The van der Waals surface area contributed by atoms with Gasteiger partial charge in [-0.05, 0) is 65.1 Å². The molecule has 1 fully saturated rings. The highest BCUT2D eigenvalue weighted by atomic mass is 19.4. The maximum atomic E-state index is 13.4. The van der Waals surface area contributed by atoms with Crippen molar-refractivity contribution in [1.29, 1.82) is 0 Å². The summed E-state index contributed by atoms with van der Waals surface area (Å²) in [5, 5.41) is 14.7. The van der Waals surface area contributed by atoms with Crippen LogP contribution in [0.25, 0.3) is 0 Å². The summed E-state index contributed by atoms with van der Waals surface area (Å²) in [4.78, 5) is 14.2. The Hall–Kier alpha value is -1.95. The van der Waals surface area contributed by atoms with Crippen molar-refractivity contribution in [2.45, 2.75) is 44.4 Å². The number of hydrogen-bond donors (Lipinski definition) is 5. The molecule has 5 N–H and O–H groups in total. The van der Waals surface area contributed by atoms with Crippen molar-refractivity contribution in [2.75, 3.05) is 32.5 Å². The van der Waals surface area contributed by atoms with E-state index >= 15 is 0 Å². The van der Waals surface area contributed by atoms with Gasteiger partial charge in [-0.3, -0.25) is 10.2 Å². The molecule has 0 radical (unpaired) electrons. The maximum absolute atomic E-state index is 13.4. The minimum Gasteiger partial charge on any atom is -0.320 e. The van der Waals surface area contributed by atoms with Gasteiger partial charge in [0.15, 0.2) is 0 Å². The van der Waals surface area contributed by atoms with E-state index in [4.69, 9.17) is 0 Å². The molecule has 3 atom stereocenters. The zero-order chi connectivity index (χ0) is 21.6. The Kier molecular flexibility index (Phi) is 8.20. The van der Waals surface area contributed by atoms with Crippen LogP contribution in [0.5, 0.6) is 0 Å². The van der Waals surface area contributed by atoms with Crippen molar-refractivity contribution in [3.8, 4) is 0 Å². The average molecular weight is 420 g/mol. The van der Waals surface area contributed by atoms with Crippen LogP contribution in [0.1, 0.15) is 25.3 Å². The zero-order valence-electron chi connectivity index (χ0n) is 16.7. The van der Waals surface area contributed by atoms with Gasteiger partial charge < -0.3 is 21.3 Å². The number of anilines is 1. The van der Waals surface area contributed by atoms with Gasteiger partial charge in [-0.1, -0.05) is 0 Å². The third kappa shape index (κ3) is 6.81. The van der Waals surface area contributed by atoms with Crippen LogP contribution in [-0.4, -0.2) is 56.6 Å². The zero-order valence-corrected chi connectivity index (χ0v) is 16.7. The van der Waals surface area contributed by atoms with Gasteiger partial charge in [0.2, 0.25) is 0 Å². The van der Waals surface area contributed by atoms with Crippen LogP contribution in [0.4, 0.5) is 28.0 Å². The number of nitrogens with one attached hydrogen (secondary N) is 5. The molecule has 1 aromatic carbocycles. The molecule has 0 aliphatic carbocycles. The van der Waals surface area contributed by atoms with Gasteiger partial charge >= 0.3 is 12.2 Å². The molecule has 0 saturated carbocycles. The smallest absolute Gasteiger partial charge is 0.320 e. The third-order valence-electron chi connectivity index (χ3n) is 4.70. The van der Waals surface area contributed by atoms with Gasteiger partial charge in [-0.25, -0.2) is 9.18 Å². The van der Waals surface area contributed by atoms with Crippen LogP contribution in [0.2, 0.25) is 0 Å². The van der Waals surface area contributed by atoms with E-state index in [2.05, 4.69) is 26.6 Å². The lowest BCUT2D eigenvalue weighted by Gasteiger charge is -2.43. The number of urea groups is 1. The Labute approximate surface area is 167 Å². The summed E-state index contributed by atoms with van der Waals surface area (Å²) in [6, 6.07) is 1.74. The van der Waals surface area contributed by atoms with Crippen LogP contribution in [-0.2, 0) is 6.18 Å². The molecule has 1 heterocycles. The van der Waals surface area contributed by atoms with E-state index in [0.717, 1.165) is 32.0 Å². The number of carbonyl (C=O) groups is 1. The number of carbonyl (C=O) groups excluding carboxylic acids is 1. The van der Waals surface area contributed by atoms with Crippen molar-refractivity contribution in [2.24, 2.45) is 0 Å². The predicted octanol–water partition coefficient (Wildman–Crippen LogP) is 2.09. The van der Waals surface area contributed by atoms with E-state index in [1.807, 2.05) is 25.9 Å². The Bertz CT molecular complexity index is 687. The highest BCUT2D eigenvalue weighted by Crippen LogP contribution is 2.33. The van der Waals surface area contributed by atoms with E-state index in [0.29, 0.717) is 12.1 Å². The molecule has 29 heavy (non-hydrogen) atoms. The third-order valence-corrected chi connectivity index (χ3v) is 4.70. The molecule has 2 amide bonds. The second-order valence-electron chi connectivity index (χ2n) is 7.09. The quantitative estimate of drug-likeness (QED) is 0.345. The fourth-order valence-electron chi connectivity index (χ4n) is 3.15. The first-order valence-electron chi connectivity index (χ1n) is 9.42. The summed E-state index contributed by atoms with van der Waals surface area (Å²) >= 11 is 0. The molecular weight excluding hydrogens is 392 g/mol. The van der Waals surface area contributed by atoms with E-state index in [-0.39, 0.29) is 17.9 Å². The average Bonchev–Trinajstić information content (AvgIpc) is 2.63. The van der Waals surface area contributed by atoms with Gasteiger partial charge in [-0.2, -0.15) is 13.2 Å². The molecule has 11 heteroatoms. The fraction of sp³-hybridized carbons (Fsp3) is 0.611. The molecule has 3 unspecified atom stereocenters. The minimum atomic E-state index is -4.84. The molecule has 1 saturated heterocycles. The Morgan fingerprint density at radius 2 is 2.03 bits per heavy atom. The molecule has 1 aliphatic rings. The number of hydrogen-bond acceptors (Lipinski definition) is 5. The Morgan fingerprint density at radius 1 is 1.31 bits per heavy atom. The molecule has 7 nitrogen and oxygen atoms in total. The van der Waals surface area contributed by atoms with Crippen LogP contribution < -0.4 is 26.6 Å². The summed E-state index contributed by atoms with van der Waals surface area (Å²) in [6.07, 6.45) is -3.57.